The third kappa shape index (κ3) is 3.61. The van der Waals surface area contributed by atoms with Gasteiger partial charge in [-0.05, 0) is 23.6 Å². The molecule has 0 aliphatic rings. The van der Waals surface area contributed by atoms with Crippen LogP contribution in [0.25, 0.3) is 0 Å². The van der Waals surface area contributed by atoms with Gasteiger partial charge in [-0.25, -0.2) is 0 Å². The van der Waals surface area contributed by atoms with Crippen LogP contribution in [0.5, 0.6) is 0 Å². The van der Waals surface area contributed by atoms with Crippen molar-refractivity contribution in [3.8, 4) is 0 Å². The van der Waals surface area contributed by atoms with Gasteiger partial charge in [0.05, 0.1) is 6.42 Å². The maximum Gasteiger partial charge on any atom is 0.393 e. The number of aliphatic hydroxyl groups excluding tert-OH is 1. The summed E-state index contributed by atoms with van der Waals surface area (Å²) in [5.74, 6) is 0. The Hall–Kier alpha value is -1.81. The quantitative estimate of drug-likeness (QED) is 0.894. The Balaban J connectivity index is 2.34. The second-order valence-corrected chi connectivity index (χ2v) is 4.80. The van der Waals surface area contributed by atoms with Crippen LogP contribution in [-0.2, 0) is 6.42 Å². The van der Waals surface area contributed by atoms with E-state index in [0.717, 1.165) is 5.56 Å². The third-order valence-electron chi connectivity index (χ3n) is 3.13. The molecule has 0 heterocycles. The van der Waals surface area contributed by atoms with Crippen molar-refractivity contribution in [3.63, 3.8) is 0 Å². The van der Waals surface area contributed by atoms with Crippen molar-refractivity contribution in [2.75, 3.05) is 0 Å². The molecule has 0 radical (unpaired) electrons. The Labute approximate surface area is 115 Å². The van der Waals surface area contributed by atoms with Gasteiger partial charge in [0.15, 0.2) is 0 Å². The van der Waals surface area contributed by atoms with E-state index in [1.54, 1.807) is 24.3 Å². The minimum atomic E-state index is -4.29. The molecule has 1 nitrogen and oxygen atoms in total. The number of rotatable bonds is 3. The zero-order valence-corrected chi connectivity index (χ0v) is 11.0. The van der Waals surface area contributed by atoms with Crippen molar-refractivity contribution in [2.45, 2.75) is 25.6 Å². The van der Waals surface area contributed by atoms with Crippen LogP contribution in [0.15, 0.2) is 48.5 Å². The number of halogens is 3. The molecule has 1 N–H and O–H groups in total. The van der Waals surface area contributed by atoms with E-state index in [1.165, 1.54) is 12.1 Å². The monoisotopic (exact) mass is 280 g/mol. The number of hydrogen-bond donors (Lipinski definition) is 1. The maximum atomic E-state index is 12.6. The van der Waals surface area contributed by atoms with Gasteiger partial charge in [0.2, 0.25) is 0 Å². The summed E-state index contributed by atoms with van der Waals surface area (Å²) in [6.45, 7) is 1.91. The third-order valence-corrected chi connectivity index (χ3v) is 3.13. The summed E-state index contributed by atoms with van der Waals surface area (Å²) in [4.78, 5) is 0. The molecule has 1 unspecified atom stereocenters. The molecule has 106 valence electrons. The van der Waals surface area contributed by atoms with Gasteiger partial charge >= 0.3 is 6.18 Å². The fourth-order valence-corrected chi connectivity index (χ4v) is 2.11. The highest BCUT2D eigenvalue weighted by molar-refractivity contribution is 5.37. The Morgan fingerprint density at radius 1 is 1.00 bits per heavy atom. The zero-order chi connectivity index (χ0) is 14.8. The fourth-order valence-electron chi connectivity index (χ4n) is 2.11. The van der Waals surface area contributed by atoms with Crippen LogP contribution in [0.4, 0.5) is 13.2 Å². The lowest BCUT2D eigenvalue weighted by molar-refractivity contribution is -0.127. The van der Waals surface area contributed by atoms with Crippen molar-refractivity contribution < 1.29 is 18.3 Å². The first kappa shape index (κ1) is 14.6. The molecule has 0 bridgehead atoms. The predicted molar refractivity (Wildman–Crippen MR) is 71.4 cm³/mol. The van der Waals surface area contributed by atoms with E-state index in [2.05, 4.69) is 0 Å². The Bertz CT molecular complexity index is 573. The largest absolute Gasteiger partial charge is 0.393 e. The van der Waals surface area contributed by atoms with Gasteiger partial charge in [-0.2, -0.15) is 13.2 Å². The minimum absolute atomic E-state index is 0.105. The SMILES string of the molecule is Cc1ccc(C(O)c2ccccc2CC(F)(F)F)cc1. The molecule has 20 heavy (non-hydrogen) atoms. The van der Waals surface area contributed by atoms with E-state index in [1.807, 2.05) is 19.1 Å². The average molecular weight is 280 g/mol. The number of alkyl halides is 3. The summed E-state index contributed by atoms with van der Waals surface area (Å²) < 4.78 is 37.7. The van der Waals surface area contributed by atoms with Crippen LogP contribution >= 0.6 is 0 Å². The molecule has 0 aliphatic heterocycles. The molecule has 0 saturated heterocycles. The summed E-state index contributed by atoms with van der Waals surface area (Å²) in [6, 6.07) is 13.2. The van der Waals surface area contributed by atoms with Crippen LogP contribution in [0.3, 0.4) is 0 Å². The van der Waals surface area contributed by atoms with Crippen molar-refractivity contribution in [3.05, 3.63) is 70.8 Å². The molecule has 1 atom stereocenters. The highest BCUT2D eigenvalue weighted by Crippen LogP contribution is 2.29. The Morgan fingerprint density at radius 2 is 1.60 bits per heavy atom. The van der Waals surface area contributed by atoms with E-state index in [4.69, 9.17) is 0 Å². The van der Waals surface area contributed by atoms with E-state index in [0.29, 0.717) is 11.1 Å². The average Bonchev–Trinajstić information content (AvgIpc) is 2.37. The molecule has 0 aromatic heterocycles. The van der Waals surface area contributed by atoms with Gasteiger partial charge in [0.25, 0.3) is 0 Å². The van der Waals surface area contributed by atoms with Gasteiger partial charge < -0.3 is 5.11 Å². The van der Waals surface area contributed by atoms with Gasteiger partial charge in [0.1, 0.15) is 6.10 Å². The van der Waals surface area contributed by atoms with Crippen molar-refractivity contribution in [2.24, 2.45) is 0 Å². The van der Waals surface area contributed by atoms with Crippen molar-refractivity contribution in [1.29, 1.82) is 0 Å². The predicted octanol–water partition coefficient (Wildman–Crippen LogP) is 4.18. The van der Waals surface area contributed by atoms with E-state index in [9.17, 15) is 18.3 Å². The molecular weight excluding hydrogens is 265 g/mol. The second kappa shape index (κ2) is 5.67. The summed E-state index contributed by atoms with van der Waals surface area (Å²) in [6.07, 6.45) is -6.37. The lowest BCUT2D eigenvalue weighted by Crippen LogP contribution is -2.14. The number of hydrogen-bond acceptors (Lipinski definition) is 1. The topological polar surface area (TPSA) is 20.2 Å². The molecule has 4 heteroatoms. The van der Waals surface area contributed by atoms with Crippen molar-refractivity contribution in [1.82, 2.24) is 0 Å². The molecular formula is C16H15F3O. The molecule has 0 spiro atoms. The summed E-state index contributed by atoms with van der Waals surface area (Å²) in [5, 5.41) is 10.3. The molecule has 0 aliphatic carbocycles. The normalized spacial score (nSPS) is 13.2. The van der Waals surface area contributed by atoms with Crippen LogP contribution in [0.1, 0.15) is 28.4 Å². The summed E-state index contributed by atoms with van der Waals surface area (Å²) >= 11 is 0. The van der Waals surface area contributed by atoms with Gasteiger partial charge in [0, 0.05) is 0 Å². The summed E-state index contributed by atoms with van der Waals surface area (Å²) in [7, 11) is 0. The maximum absolute atomic E-state index is 12.6. The number of aliphatic hydroxyl groups is 1. The highest BCUT2D eigenvalue weighted by atomic mass is 19.4. The smallest absolute Gasteiger partial charge is 0.384 e. The minimum Gasteiger partial charge on any atom is -0.384 e. The van der Waals surface area contributed by atoms with E-state index in [-0.39, 0.29) is 5.56 Å². The molecule has 0 fully saturated rings. The van der Waals surface area contributed by atoms with Gasteiger partial charge in [-0.1, -0.05) is 54.1 Å². The van der Waals surface area contributed by atoms with Crippen LogP contribution in [0, 0.1) is 6.92 Å². The van der Waals surface area contributed by atoms with Crippen LogP contribution < -0.4 is 0 Å². The van der Waals surface area contributed by atoms with Crippen molar-refractivity contribution >= 4 is 0 Å². The molecule has 2 aromatic carbocycles. The highest BCUT2D eigenvalue weighted by Gasteiger charge is 2.29. The van der Waals surface area contributed by atoms with Gasteiger partial charge in [-0.3, -0.25) is 0 Å². The van der Waals surface area contributed by atoms with E-state index < -0.39 is 18.7 Å². The Kier molecular flexibility index (Phi) is 4.14. The van der Waals surface area contributed by atoms with Gasteiger partial charge in [-0.15, -0.1) is 0 Å². The van der Waals surface area contributed by atoms with E-state index >= 15 is 0 Å². The van der Waals surface area contributed by atoms with Crippen LogP contribution in [-0.4, -0.2) is 11.3 Å². The zero-order valence-electron chi connectivity index (χ0n) is 11.0. The first-order valence-electron chi connectivity index (χ1n) is 6.26. The first-order valence-corrected chi connectivity index (χ1v) is 6.26. The molecule has 2 rings (SSSR count). The fraction of sp³-hybridized carbons (Fsp3) is 0.250. The molecule has 0 saturated carbocycles. The second-order valence-electron chi connectivity index (χ2n) is 4.80. The standard InChI is InChI=1S/C16H15F3O/c1-11-6-8-12(9-7-11)15(20)14-5-3-2-4-13(14)10-16(17,18)19/h2-9,15,20H,10H2,1H3. The molecule has 2 aromatic rings. The Morgan fingerprint density at radius 3 is 2.20 bits per heavy atom. The van der Waals surface area contributed by atoms with Crippen LogP contribution in [0.2, 0.25) is 0 Å². The lowest BCUT2D eigenvalue weighted by Gasteiger charge is -2.17. The number of aryl methyl sites for hydroxylation is 1. The summed E-state index contributed by atoms with van der Waals surface area (Å²) in [5.41, 5.74) is 2.02. The number of benzene rings is 2. The lowest BCUT2D eigenvalue weighted by atomic mass is 9.95. The first-order chi connectivity index (χ1) is 9.37. The molecule has 0 amide bonds.